The summed E-state index contributed by atoms with van der Waals surface area (Å²) in [7, 11) is 0. The summed E-state index contributed by atoms with van der Waals surface area (Å²) in [5.41, 5.74) is 4.61. The molecule has 1 N–H and O–H groups in total. The predicted octanol–water partition coefficient (Wildman–Crippen LogP) is 5.13. The van der Waals surface area contributed by atoms with Crippen LogP contribution in [0.3, 0.4) is 0 Å². The number of nitrogens with one attached hydrogen (secondary N) is 1. The Balaban J connectivity index is 1.64. The van der Waals surface area contributed by atoms with Crippen LogP contribution in [0, 0.1) is 6.92 Å². The minimum absolute atomic E-state index is 0.387. The Morgan fingerprint density at radius 2 is 1.85 bits per heavy atom. The number of aryl methyl sites for hydroxylation is 1. The number of nitrogens with zero attached hydrogens (tertiary/aromatic N) is 3. The van der Waals surface area contributed by atoms with Gasteiger partial charge in [0.05, 0.1) is 0 Å². The van der Waals surface area contributed by atoms with Gasteiger partial charge in [0.2, 0.25) is 5.95 Å². The van der Waals surface area contributed by atoms with Gasteiger partial charge in [-0.3, -0.25) is 0 Å². The largest absolute Gasteiger partial charge is 0.349 e. The minimum Gasteiger partial charge on any atom is -0.349 e. The zero-order valence-corrected chi connectivity index (χ0v) is 15.7. The molecule has 4 nitrogen and oxygen atoms in total. The summed E-state index contributed by atoms with van der Waals surface area (Å²) in [6.45, 7) is 5.11. The van der Waals surface area contributed by atoms with Crippen LogP contribution < -0.4 is 10.2 Å². The Labute approximate surface area is 158 Å². The van der Waals surface area contributed by atoms with E-state index in [9.17, 15) is 0 Å². The number of benzene rings is 2. The predicted molar refractivity (Wildman–Crippen MR) is 107 cm³/mol. The molecule has 1 atom stereocenters. The van der Waals surface area contributed by atoms with Crippen LogP contribution in [0.4, 0.5) is 17.5 Å². The summed E-state index contributed by atoms with van der Waals surface area (Å²) < 4.78 is 0. The Morgan fingerprint density at radius 3 is 2.65 bits per heavy atom. The summed E-state index contributed by atoms with van der Waals surface area (Å²) in [5.74, 6) is 1.54. The number of rotatable bonds is 3. The Kier molecular flexibility index (Phi) is 4.51. The third-order valence-corrected chi connectivity index (χ3v) is 4.96. The van der Waals surface area contributed by atoms with E-state index in [4.69, 9.17) is 16.6 Å². The highest BCUT2D eigenvalue weighted by Crippen LogP contribution is 2.28. The molecule has 4 rings (SSSR count). The van der Waals surface area contributed by atoms with Crippen molar-refractivity contribution in [1.82, 2.24) is 9.97 Å². The lowest BCUT2D eigenvalue weighted by molar-refractivity contribution is 0.586. The van der Waals surface area contributed by atoms with Gasteiger partial charge in [-0.15, -0.1) is 0 Å². The van der Waals surface area contributed by atoms with Crippen molar-refractivity contribution in [3.63, 3.8) is 0 Å². The summed E-state index contributed by atoms with van der Waals surface area (Å²) in [6.07, 6.45) is 1.02. The third kappa shape index (κ3) is 3.51. The van der Waals surface area contributed by atoms with Crippen LogP contribution >= 0.6 is 11.6 Å². The second-order valence-electron chi connectivity index (χ2n) is 6.78. The second kappa shape index (κ2) is 6.96. The molecule has 26 heavy (non-hydrogen) atoms. The molecule has 1 aliphatic rings. The smallest absolute Gasteiger partial charge is 0.229 e. The molecular weight excluding hydrogens is 344 g/mol. The van der Waals surface area contributed by atoms with E-state index in [0.29, 0.717) is 17.0 Å². The van der Waals surface area contributed by atoms with Crippen LogP contribution in [0.2, 0.25) is 5.02 Å². The first-order valence-electron chi connectivity index (χ1n) is 8.80. The maximum Gasteiger partial charge on any atom is 0.229 e. The molecule has 132 valence electrons. The van der Waals surface area contributed by atoms with Crippen LogP contribution in [0.5, 0.6) is 0 Å². The molecule has 0 amide bonds. The van der Waals surface area contributed by atoms with Crippen molar-refractivity contribution in [2.45, 2.75) is 32.9 Å². The molecule has 0 radical (unpaired) electrons. The van der Waals surface area contributed by atoms with Gasteiger partial charge in [0, 0.05) is 35.1 Å². The highest BCUT2D eigenvalue weighted by Gasteiger charge is 2.24. The van der Waals surface area contributed by atoms with E-state index in [2.05, 4.69) is 46.4 Å². The molecule has 0 fully saturated rings. The maximum absolute atomic E-state index is 6.07. The Morgan fingerprint density at radius 1 is 1.04 bits per heavy atom. The molecule has 2 aromatic carbocycles. The summed E-state index contributed by atoms with van der Waals surface area (Å²) in [6, 6.07) is 18.7. The normalized spacial score (nSPS) is 16.3. The fourth-order valence-electron chi connectivity index (χ4n) is 3.44. The van der Waals surface area contributed by atoms with Crippen LogP contribution in [0.25, 0.3) is 0 Å². The average Bonchev–Trinajstić information content (AvgIpc) is 2.60. The highest BCUT2D eigenvalue weighted by molar-refractivity contribution is 6.30. The molecule has 2 heterocycles. The van der Waals surface area contributed by atoms with Crippen LogP contribution in [0.1, 0.15) is 23.7 Å². The van der Waals surface area contributed by atoms with Crippen LogP contribution in [0.15, 0.2) is 54.6 Å². The van der Waals surface area contributed by atoms with E-state index in [1.54, 1.807) is 0 Å². The van der Waals surface area contributed by atoms with Gasteiger partial charge < -0.3 is 10.2 Å². The monoisotopic (exact) mass is 364 g/mol. The van der Waals surface area contributed by atoms with Crippen molar-refractivity contribution in [2.75, 3.05) is 10.2 Å². The van der Waals surface area contributed by atoms with Crippen LogP contribution in [-0.4, -0.2) is 16.0 Å². The maximum atomic E-state index is 6.07. The molecule has 1 aliphatic heterocycles. The fraction of sp³-hybridized carbons (Fsp3) is 0.238. The van der Waals surface area contributed by atoms with Crippen molar-refractivity contribution in [3.8, 4) is 0 Å². The van der Waals surface area contributed by atoms with Gasteiger partial charge in [0.25, 0.3) is 0 Å². The van der Waals surface area contributed by atoms with E-state index < -0.39 is 0 Å². The van der Waals surface area contributed by atoms with Gasteiger partial charge in [-0.25, -0.2) is 4.98 Å². The molecular formula is C21H21ClN4. The van der Waals surface area contributed by atoms with Crippen molar-refractivity contribution < 1.29 is 0 Å². The highest BCUT2D eigenvalue weighted by atomic mass is 35.5. The van der Waals surface area contributed by atoms with Crippen molar-refractivity contribution >= 4 is 29.1 Å². The average molecular weight is 365 g/mol. The molecule has 5 heteroatoms. The number of halogens is 1. The number of aromatic nitrogens is 2. The number of anilines is 3. The first-order valence-corrected chi connectivity index (χ1v) is 9.18. The summed E-state index contributed by atoms with van der Waals surface area (Å²) >= 11 is 6.07. The molecule has 0 saturated carbocycles. The number of fused-ring (bicyclic) bond motifs is 1. The van der Waals surface area contributed by atoms with Crippen LogP contribution in [-0.2, 0) is 13.0 Å². The standard InChI is InChI=1S/C21H21ClN4/c1-14-10-20(25-21(23-14)24-19-9-5-8-18(22)12-19)26-13-17-7-4-3-6-16(17)11-15(26)2/h3-10,12,15H,11,13H2,1-2H3,(H,23,24,25)/t15-/m0/s1. The zero-order chi connectivity index (χ0) is 18.1. The van der Waals surface area contributed by atoms with E-state index in [1.165, 1.54) is 11.1 Å². The van der Waals surface area contributed by atoms with E-state index >= 15 is 0 Å². The molecule has 0 saturated heterocycles. The molecule has 0 bridgehead atoms. The molecule has 0 unspecified atom stereocenters. The van der Waals surface area contributed by atoms with Crippen molar-refractivity contribution in [2.24, 2.45) is 0 Å². The zero-order valence-electron chi connectivity index (χ0n) is 14.9. The summed E-state index contributed by atoms with van der Waals surface area (Å²) in [4.78, 5) is 11.6. The fourth-order valence-corrected chi connectivity index (χ4v) is 3.63. The summed E-state index contributed by atoms with van der Waals surface area (Å²) in [5, 5.41) is 3.95. The van der Waals surface area contributed by atoms with E-state index in [-0.39, 0.29) is 0 Å². The first-order chi connectivity index (χ1) is 12.6. The lowest BCUT2D eigenvalue weighted by Gasteiger charge is -2.36. The SMILES string of the molecule is Cc1cc(N2Cc3ccccc3C[C@@H]2C)nc(Nc2cccc(Cl)c2)n1. The van der Waals surface area contributed by atoms with Gasteiger partial charge >= 0.3 is 0 Å². The third-order valence-electron chi connectivity index (χ3n) is 4.72. The Hall–Kier alpha value is -2.59. The first kappa shape index (κ1) is 16.9. The van der Waals surface area contributed by atoms with E-state index in [0.717, 1.165) is 30.2 Å². The van der Waals surface area contributed by atoms with E-state index in [1.807, 2.05) is 37.3 Å². The molecule has 0 aliphatic carbocycles. The quantitative estimate of drug-likeness (QED) is 0.699. The lowest BCUT2D eigenvalue weighted by Crippen LogP contribution is -2.39. The van der Waals surface area contributed by atoms with Gasteiger partial charge in [0.1, 0.15) is 5.82 Å². The minimum atomic E-state index is 0.387. The topological polar surface area (TPSA) is 41.1 Å². The molecule has 0 spiro atoms. The van der Waals surface area contributed by atoms with Crippen molar-refractivity contribution in [1.29, 1.82) is 0 Å². The second-order valence-corrected chi connectivity index (χ2v) is 7.21. The van der Waals surface area contributed by atoms with Gasteiger partial charge in [-0.1, -0.05) is 41.9 Å². The van der Waals surface area contributed by atoms with Gasteiger partial charge in [-0.05, 0) is 49.6 Å². The van der Waals surface area contributed by atoms with Crippen molar-refractivity contribution in [3.05, 3.63) is 76.4 Å². The van der Waals surface area contributed by atoms with Gasteiger partial charge in [-0.2, -0.15) is 4.98 Å². The molecule has 3 aromatic rings. The Bertz CT molecular complexity index is 941. The molecule has 1 aromatic heterocycles. The number of hydrogen-bond acceptors (Lipinski definition) is 4. The number of hydrogen-bond donors (Lipinski definition) is 1. The lowest BCUT2D eigenvalue weighted by atomic mass is 9.95. The van der Waals surface area contributed by atoms with Gasteiger partial charge in [0.15, 0.2) is 0 Å².